The maximum atomic E-state index is 12.3. The molecule has 22 heavy (non-hydrogen) atoms. The largest absolute Gasteiger partial charge is 0.480 e. The topological polar surface area (TPSA) is 97.7 Å². The fourth-order valence-corrected chi connectivity index (χ4v) is 2.63. The van der Waals surface area contributed by atoms with Gasteiger partial charge in [0.15, 0.2) is 10.8 Å². The SMILES string of the molecule is O=CC1(C(=O)O)C=CC(C=O)(C(=O)OC2CCCCC2)C=C1. The third-order valence-corrected chi connectivity index (χ3v) is 4.21. The number of aldehydes is 2. The number of rotatable bonds is 5. The number of carbonyl (C=O) groups is 4. The van der Waals surface area contributed by atoms with Gasteiger partial charge in [0.2, 0.25) is 0 Å². The first-order valence-electron chi connectivity index (χ1n) is 7.26. The first-order chi connectivity index (χ1) is 10.5. The second kappa shape index (κ2) is 6.25. The number of ether oxygens (including phenoxy) is 1. The minimum atomic E-state index is -1.84. The van der Waals surface area contributed by atoms with Gasteiger partial charge in [-0.3, -0.25) is 9.59 Å². The van der Waals surface area contributed by atoms with Gasteiger partial charge < -0.3 is 19.4 Å². The van der Waals surface area contributed by atoms with E-state index < -0.39 is 22.8 Å². The van der Waals surface area contributed by atoms with Crippen molar-refractivity contribution >= 4 is 24.5 Å². The molecule has 0 heterocycles. The molecule has 0 atom stereocenters. The molecule has 0 aromatic rings. The van der Waals surface area contributed by atoms with E-state index in [2.05, 4.69) is 0 Å². The molecule has 0 amide bonds. The Morgan fingerprint density at radius 3 is 1.91 bits per heavy atom. The summed E-state index contributed by atoms with van der Waals surface area (Å²) in [6.07, 6.45) is 9.41. The highest BCUT2D eigenvalue weighted by Gasteiger charge is 2.44. The number of hydrogen-bond acceptors (Lipinski definition) is 5. The molecule has 2 aliphatic rings. The molecular formula is C16H18O6. The Morgan fingerprint density at radius 2 is 1.45 bits per heavy atom. The highest BCUT2D eigenvalue weighted by molar-refractivity contribution is 6.02. The van der Waals surface area contributed by atoms with Crippen LogP contribution in [0.5, 0.6) is 0 Å². The molecule has 0 radical (unpaired) electrons. The molecule has 1 N–H and O–H groups in total. The van der Waals surface area contributed by atoms with Gasteiger partial charge in [0.1, 0.15) is 18.7 Å². The molecule has 0 aliphatic heterocycles. The summed E-state index contributed by atoms with van der Waals surface area (Å²) in [5.41, 5.74) is -3.49. The van der Waals surface area contributed by atoms with Crippen LogP contribution in [0.25, 0.3) is 0 Å². The number of esters is 1. The standard InChI is InChI=1S/C16H18O6/c17-10-15(13(19)20)6-8-16(11-18,9-7-15)14(21)22-12-4-2-1-3-5-12/h6-12H,1-5H2,(H,19,20). The maximum Gasteiger partial charge on any atom is 0.327 e. The predicted octanol–water partition coefficient (Wildman–Crippen LogP) is 1.44. The van der Waals surface area contributed by atoms with Crippen LogP contribution in [0.1, 0.15) is 32.1 Å². The van der Waals surface area contributed by atoms with Crippen LogP contribution in [0, 0.1) is 10.8 Å². The molecular weight excluding hydrogens is 288 g/mol. The van der Waals surface area contributed by atoms with Gasteiger partial charge in [0.25, 0.3) is 0 Å². The monoisotopic (exact) mass is 306 g/mol. The van der Waals surface area contributed by atoms with Gasteiger partial charge >= 0.3 is 11.9 Å². The molecule has 0 aromatic carbocycles. The molecule has 0 saturated heterocycles. The van der Waals surface area contributed by atoms with Crippen molar-refractivity contribution in [3.8, 4) is 0 Å². The summed E-state index contributed by atoms with van der Waals surface area (Å²) in [5.74, 6) is -2.10. The third-order valence-electron chi connectivity index (χ3n) is 4.21. The molecule has 0 aromatic heterocycles. The minimum absolute atomic E-state index is 0.211. The molecule has 0 unspecified atom stereocenters. The van der Waals surface area contributed by atoms with Crippen LogP contribution < -0.4 is 0 Å². The molecule has 0 spiro atoms. The molecule has 6 heteroatoms. The lowest BCUT2D eigenvalue weighted by molar-refractivity contribution is -0.159. The first-order valence-corrected chi connectivity index (χ1v) is 7.26. The summed E-state index contributed by atoms with van der Waals surface area (Å²) in [6.45, 7) is 0. The van der Waals surface area contributed by atoms with Crippen LogP contribution >= 0.6 is 0 Å². The first kappa shape index (κ1) is 16.1. The summed E-state index contributed by atoms with van der Waals surface area (Å²) in [4.78, 5) is 45.9. The van der Waals surface area contributed by atoms with Crippen molar-refractivity contribution in [2.45, 2.75) is 38.2 Å². The van der Waals surface area contributed by atoms with Crippen molar-refractivity contribution in [2.75, 3.05) is 0 Å². The van der Waals surface area contributed by atoms with Gasteiger partial charge in [-0.15, -0.1) is 0 Å². The Morgan fingerprint density at radius 1 is 0.955 bits per heavy atom. The summed E-state index contributed by atoms with van der Waals surface area (Å²) in [5, 5.41) is 9.09. The average molecular weight is 306 g/mol. The Hall–Kier alpha value is -2.24. The van der Waals surface area contributed by atoms with Crippen molar-refractivity contribution in [3.63, 3.8) is 0 Å². The van der Waals surface area contributed by atoms with Crippen molar-refractivity contribution in [1.29, 1.82) is 0 Å². The summed E-state index contributed by atoms with van der Waals surface area (Å²) in [7, 11) is 0. The maximum absolute atomic E-state index is 12.3. The van der Waals surface area contributed by atoms with Gasteiger partial charge in [-0.2, -0.15) is 0 Å². The third kappa shape index (κ3) is 2.86. The van der Waals surface area contributed by atoms with Gasteiger partial charge in [-0.05, 0) is 25.7 Å². The van der Waals surface area contributed by atoms with Crippen LogP contribution in [-0.4, -0.2) is 35.7 Å². The Balaban J connectivity index is 2.17. The minimum Gasteiger partial charge on any atom is -0.480 e. The van der Waals surface area contributed by atoms with E-state index in [0.717, 1.165) is 56.4 Å². The Bertz CT molecular complexity index is 525. The quantitative estimate of drug-likeness (QED) is 0.357. The van der Waals surface area contributed by atoms with Crippen LogP contribution in [0.2, 0.25) is 0 Å². The van der Waals surface area contributed by atoms with Crippen molar-refractivity contribution < 1.29 is 29.0 Å². The van der Waals surface area contributed by atoms with Crippen molar-refractivity contribution in [3.05, 3.63) is 24.3 Å². The van der Waals surface area contributed by atoms with Crippen LogP contribution in [0.4, 0.5) is 0 Å². The number of carboxylic acid groups (broad SMARTS) is 1. The van der Waals surface area contributed by atoms with E-state index in [9.17, 15) is 19.2 Å². The van der Waals surface area contributed by atoms with E-state index in [1.807, 2.05) is 0 Å². The number of hydrogen-bond donors (Lipinski definition) is 1. The number of aliphatic carboxylic acids is 1. The lowest BCUT2D eigenvalue weighted by Crippen LogP contribution is -2.39. The lowest BCUT2D eigenvalue weighted by atomic mass is 9.76. The van der Waals surface area contributed by atoms with Gasteiger partial charge in [-0.1, -0.05) is 30.7 Å². The highest BCUT2D eigenvalue weighted by Crippen LogP contribution is 2.34. The summed E-state index contributed by atoms with van der Waals surface area (Å²) < 4.78 is 5.38. The van der Waals surface area contributed by atoms with E-state index in [0.29, 0.717) is 6.29 Å². The molecule has 6 nitrogen and oxygen atoms in total. The van der Waals surface area contributed by atoms with Crippen molar-refractivity contribution in [2.24, 2.45) is 10.8 Å². The van der Waals surface area contributed by atoms with E-state index in [1.165, 1.54) is 0 Å². The fourth-order valence-electron chi connectivity index (χ4n) is 2.63. The summed E-state index contributed by atoms with van der Waals surface area (Å²) in [6, 6.07) is 0. The van der Waals surface area contributed by atoms with Gasteiger partial charge in [0, 0.05) is 0 Å². The second-order valence-electron chi connectivity index (χ2n) is 5.74. The number of carboxylic acids is 1. The van der Waals surface area contributed by atoms with E-state index >= 15 is 0 Å². The molecule has 118 valence electrons. The molecule has 1 fully saturated rings. The summed E-state index contributed by atoms with van der Waals surface area (Å²) >= 11 is 0. The van der Waals surface area contributed by atoms with Gasteiger partial charge in [0.05, 0.1) is 0 Å². The molecule has 2 aliphatic carbocycles. The van der Waals surface area contributed by atoms with Crippen molar-refractivity contribution in [1.82, 2.24) is 0 Å². The normalized spacial score (nSPS) is 31.5. The van der Waals surface area contributed by atoms with E-state index in [1.54, 1.807) is 0 Å². The molecule has 1 saturated carbocycles. The Labute approximate surface area is 127 Å². The zero-order valence-corrected chi connectivity index (χ0v) is 12.1. The van der Waals surface area contributed by atoms with Crippen LogP contribution in [0.15, 0.2) is 24.3 Å². The zero-order valence-electron chi connectivity index (χ0n) is 12.1. The lowest BCUT2D eigenvalue weighted by Gasteiger charge is -2.29. The highest BCUT2D eigenvalue weighted by atomic mass is 16.5. The second-order valence-corrected chi connectivity index (χ2v) is 5.74. The Kier molecular flexibility index (Phi) is 4.59. The van der Waals surface area contributed by atoms with E-state index in [4.69, 9.17) is 9.84 Å². The van der Waals surface area contributed by atoms with Crippen LogP contribution in [-0.2, 0) is 23.9 Å². The molecule has 0 bridgehead atoms. The smallest absolute Gasteiger partial charge is 0.327 e. The molecule has 2 rings (SSSR count). The van der Waals surface area contributed by atoms with E-state index in [-0.39, 0.29) is 12.4 Å². The zero-order chi connectivity index (χ0) is 16.2. The average Bonchev–Trinajstić information content (AvgIpc) is 2.55. The number of carbonyl (C=O) groups excluding carboxylic acids is 3. The fraction of sp³-hybridized carbons (Fsp3) is 0.500. The van der Waals surface area contributed by atoms with Crippen LogP contribution in [0.3, 0.4) is 0 Å². The van der Waals surface area contributed by atoms with Gasteiger partial charge in [-0.25, -0.2) is 0 Å². The predicted molar refractivity (Wildman–Crippen MR) is 75.9 cm³/mol.